The Morgan fingerprint density at radius 3 is 2.89 bits per heavy atom. The van der Waals surface area contributed by atoms with Gasteiger partial charge in [0.1, 0.15) is 10.3 Å². The van der Waals surface area contributed by atoms with Crippen molar-refractivity contribution in [2.75, 3.05) is 0 Å². The van der Waals surface area contributed by atoms with Crippen molar-refractivity contribution in [3.05, 3.63) is 23.3 Å². The van der Waals surface area contributed by atoms with Gasteiger partial charge in [0.2, 0.25) is 0 Å². The number of hydrogen-bond acceptors (Lipinski definition) is 4. The molecule has 0 saturated carbocycles. The Morgan fingerprint density at radius 2 is 2.17 bits per heavy atom. The Morgan fingerprint density at radius 1 is 1.39 bits per heavy atom. The van der Waals surface area contributed by atoms with Crippen LogP contribution in [0, 0.1) is 11.4 Å². The molecule has 2 aromatic rings. The Labute approximate surface area is 113 Å². The largest absolute Gasteiger partial charge is 0.411 e. The first-order valence-electron chi connectivity index (χ1n) is 6.23. The number of nitrogens with zero attached hydrogens (tertiary/aromatic N) is 2. The molecule has 0 aliphatic carbocycles. The van der Waals surface area contributed by atoms with Crippen LogP contribution < -0.4 is 0 Å². The number of aromatic nitrogens is 2. The predicted molar refractivity (Wildman–Crippen MR) is 78.2 cm³/mol. The lowest BCUT2D eigenvalue weighted by Crippen LogP contribution is -2.31. The first-order chi connectivity index (χ1) is 8.46. The molecule has 3 nitrogen and oxygen atoms in total. The Balaban J connectivity index is 2.00. The first kappa shape index (κ1) is 13.6. The second-order valence-electron chi connectivity index (χ2n) is 5.58. The third-order valence-corrected chi connectivity index (χ3v) is 6.12. The van der Waals surface area contributed by atoms with Crippen LogP contribution in [0.3, 0.4) is 0 Å². The normalized spacial score (nSPS) is 12.5. The van der Waals surface area contributed by atoms with Crippen molar-refractivity contribution in [3.63, 3.8) is 0 Å². The first-order valence-corrected chi connectivity index (χ1v) is 10.2. The van der Waals surface area contributed by atoms with Gasteiger partial charge in [-0.1, -0.05) is 25.2 Å². The predicted octanol–water partition coefficient (Wildman–Crippen LogP) is 3.87. The lowest BCUT2D eigenvalue weighted by molar-refractivity contribution is 0.286. The molecule has 0 N–H and O–H groups in total. The molecule has 5 heteroatoms. The molecule has 2 heterocycles. The van der Waals surface area contributed by atoms with Crippen molar-refractivity contribution >= 4 is 30.0 Å². The molecule has 0 aromatic carbocycles. The van der Waals surface area contributed by atoms with Gasteiger partial charge in [0.05, 0.1) is 12.3 Å². The maximum atomic E-state index is 6.10. The van der Waals surface area contributed by atoms with Crippen molar-refractivity contribution in [1.82, 2.24) is 9.97 Å². The summed E-state index contributed by atoms with van der Waals surface area (Å²) in [4.78, 5) is 9.59. The van der Waals surface area contributed by atoms with E-state index in [9.17, 15) is 0 Å². The molecule has 0 bridgehead atoms. The SMILES string of the molecule is CC(C)C[Si](C)(C)OCc1ccc2n[c]sc2n1. The third kappa shape index (κ3) is 3.60. The highest BCUT2D eigenvalue weighted by atomic mass is 32.1. The summed E-state index contributed by atoms with van der Waals surface area (Å²) in [7, 11) is -1.56. The van der Waals surface area contributed by atoms with E-state index >= 15 is 0 Å². The minimum atomic E-state index is -1.56. The van der Waals surface area contributed by atoms with Gasteiger partial charge in [-0.3, -0.25) is 0 Å². The molecular formula is C13H19N2OSSi. The average Bonchev–Trinajstić information content (AvgIpc) is 2.71. The topological polar surface area (TPSA) is 35.0 Å². The van der Waals surface area contributed by atoms with Gasteiger partial charge in [-0.2, -0.15) is 0 Å². The zero-order chi connectivity index (χ0) is 13.2. The Bertz CT molecular complexity index is 524. The smallest absolute Gasteiger partial charge is 0.187 e. The quantitative estimate of drug-likeness (QED) is 0.779. The number of pyridine rings is 1. The Hall–Kier alpha value is -0.783. The van der Waals surface area contributed by atoms with Gasteiger partial charge >= 0.3 is 0 Å². The molecule has 0 spiro atoms. The second-order valence-corrected chi connectivity index (χ2v) is 10.6. The summed E-state index contributed by atoms with van der Waals surface area (Å²) in [6.07, 6.45) is 0. The maximum absolute atomic E-state index is 6.10. The summed E-state index contributed by atoms with van der Waals surface area (Å²) >= 11 is 1.45. The lowest BCUT2D eigenvalue weighted by Gasteiger charge is -2.24. The van der Waals surface area contributed by atoms with Crippen LogP contribution in [-0.4, -0.2) is 18.3 Å². The van der Waals surface area contributed by atoms with Crippen LogP contribution in [0.4, 0.5) is 0 Å². The van der Waals surface area contributed by atoms with Gasteiger partial charge in [-0.05, 0) is 37.2 Å². The molecule has 0 aliphatic rings. The van der Waals surface area contributed by atoms with Crippen LogP contribution in [0.1, 0.15) is 19.5 Å². The molecule has 0 atom stereocenters. The third-order valence-electron chi connectivity index (χ3n) is 2.72. The highest BCUT2D eigenvalue weighted by Crippen LogP contribution is 2.20. The summed E-state index contributed by atoms with van der Waals surface area (Å²) in [5.41, 5.74) is 4.77. The molecule has 0 unspecified atom stereocenters. The van der Waals surface area contributed by atoms with E-state index in [1.807, 2.05) is 12.1 Å². The highest BCUT2D eigenvalue weighted by molar-refractivity contribution is 7.15. The molecule has 2 rings (SSSR count). The monoisotopic (exact) mass is 279 g/mol. The van der Waals surface area contributed by atoms with Gasteiger partial charge in [0.15, 0.2) is 13.8 Å². The van der Waals surface area contributed by atoms with E-state index < -0.39 is 8.32 Å². The van der Waals surface area contributed by atoms with Gasteiger partial charge in [0.25, 0.3) is 0 Å². The molecule has 0 fully saturated rings. The van der Waals surface area contributed by atoms with Crippen molar-refractivity contribution < 1.29 is 4.43 Å². The van der Waals surface area contributed by atoms with Gasteiger partial charge in [-0.25, -0.2) is 9.97 Å². The summed E-state index contributed by atoms with van der Waals surface area (Å²) < 4.78 is 6.10. The number of hydrogen-bond donors (Lipinski definition) is 0. The van der Waals surface area contributed by atoms with E-state index in [1.54, 1.807) is 0 Å². The minimum Gasteiger partial charge on any atom is -0.411 e. The van der Waals surface area contributed by atoms with Crippen LogP contribution in [0.15, 0.2) is 12.1 Å². The van der Waals surface area contributed by atoms with E-state index in [4.69, 9.17) is 4.43 Å². The molecular weight excluding hydrogens is 260 g/mol. The Kier molecular flexibility index (Phi) is 4.14. The molecule has 2 aromatic heterocycles. The summed E-state index contributed by atoms with van der Waals surface area (Å²) in [6.45, 7) is 9.64. The van der Waals surface area contributed by atoms with Crippen LogP contribution in [0.25, 0.3) is 10.3 Å². The van der Waals surface area contributed by atoms with Crippen LogP contribution in [-0.2, 0) is 11.0 Å². The molecule has 1 radical (unpaired) electrons. The van der Waals surface area contributed by atoms with Gasteiger partial charge in [0, 0.05) is 0 Å². The fourth-order valence-electron chi connectivity index (χ4n) is 2.14. The average molecular weight is 279 g/mol. The number of thiazole rings is 1. The van der Waals surface area contributed by atoms with Crippen molar-refractivity contribution in [1.29, 1.82) is 0 Å². The molecule has 18 heavy (non-hydrogen) atoms. The minimum absolute atomic E-state index is 0.611. The second kappa shape index (κ2) is 5.46. The van der Waals surface area contributed by atoms with E-state index in [0.717, 1.165) is 16.0 Å². The highest BCUT2D eigenvalue weighted by Gasteiger charge is 2.23. The summed E-state index contributed by atoms with van der Waals surface area (Å²) in [5, 5.41) is 0. The van der Waals surface area contributed by atoms with Gasteiger partial charge in [-0.15, -0.1) is 0 Å². The van der Waals surface area contributed by atoms with Crippen molar-refractivity contribution in [3.8, 4) is 0 Å². The maximum Gasteiger partial charge on any atom is 0.187 e. The zero-order valence-corrected chi connectivity index (χ0v) is 13.2. The van der Waals surface area contributed by atoms with E-state index in [0.29, 0.717) is 12.5 Å². The van der Waals surface area contributed by atoms with Crippen LogP contribution in [0.2, 0.25) is 19.1 Å². The van der Waals surface area contributed by atoms with Crippen LogP contribution in [0.5, 0.6) is 0 Å². The zero-order valence-electron chi connectivity index (χ0n) is 11.4. The van der Waals surface area contributed by atoms with E-state index in [-0.39, 0.29) is 0 Å². The molecule has 0 aliphatic heterocycles. The summed E-state index contributed by atoms with van der Waals surface area (Å²) in [6, 6.07) is 5.17. The molecule has 97 valence electrons. The molecule has 0 amide bonds. The van der Waals surface area contributed by atoms with Crippen LogP contribution >= 0.6 is 11.3 Å². The van der Waals surface area contributed by atoms with Gasteiger partial charge < -0.3 is 4.43 Å². The fourth-order valence-corrected chi connectivity index (χ4v) is 5.37. The fraction of sp³-hybridized carbons (Fsp3) is 0.538. The van der Waals surface area contributed by atoms with E-state index in [1.165, 1.54) is 17.4 Å². The number of rotatable bonds is 5. The standard InChI is InChI=1S/C13H19N2OSSi/c1-10(2)8-18(3,4)16-7-11-5-6-12-13(15-11)17-9-14-12/h5-6,10H,7-8H2,1-4H3. The number of fused-ring (bicyclic) bond motifs is 1. The van der Waals surface area contributed by atoms with Crippen molar-refractivity contribution in [2.45, 2.75) is 39.6 Å². The molecule has 0 saturated heterocycles. The summed E-state index contributed by atoms with van der Waals surface area (Å²) in [5.74, 6) is 0.693. The van der Waals surface area contributed by atoms with E-state index in [2.05, 4.69) is 42.4 Å². The van der Waals surface area contributed by atoms with Crippen molar-refractivity contribution in [2.24, 2.45) is 5.92 Å². The lowest BCUT2D eigenvalue weighted by atomic mass is 10.3.